The molecule has 32 heavy (non-hydrogen) atoms. The molecule has 2 N–H and O–H groups in total. The van der Waals surface area contributed by atoms with Crippen molar-refractivity contribution in [2.45, 2.75) is 13.0 Å². The molecule has 7 heteroatoms. The average molecular weight is 489 g/mol. The molecule has 1 heterocycles. The Bertz CT molecular complexity index is 1240. The number of carbonyl (C=O) groups is 1. The third-order valence-corrected chi connectivity index (χ3v) is 5.39. The van der Waals surface area contributed by atoms with Crippen LogP contribution in [0, 0.1) is 0 Å². The molecule has 0 saturated carbocycles. The number of carbonyl (C=O) groups excluding carboxylic acids is 1. The molecular formula is C25H21BrN4O2. The number of nitrogens with zero attached hydrogens (tertiary/aromatic N) is 3. The maximum Gasteiger partial charge on any atom is 0.241 e. The van der Waals surface area contributed by atoms with Crippen molar-refractivity contribution < 1.29 is 9.90 Å². The lowest BCUT2D eigenvalue weighted by Gasteiger charge is -2.10. The van der Waals surface area contributed by atoms with Gasteiger partial charge >= 0.3 is 0 Å². The van der Waals surface area contributed by atoms with E-state index < -0.39 is 0 Å². The first-order valence-corrected chi connectivity index (χ1v) is 10.9. The van der Waals surface area contributed by atoms with E-state index in [1.807, 2.05) is 65.2 Å². The SMILES string of the molecule is O=C(CCn1cnc(-c2ccccc2)c1-c1ccccc1)NN=Cc1cc(Br)ccc1O. The number of hydrazone groups is 1. The van der Waals surface area contributed by atoms with Crippen molar-refractivity contribution in [1.82, 2.24) is 15.0 Å². The highest BCUT2D eigenvalue weighted by Gasteiger charge is 2.15. The van der Waals surface area contributed by atoms with Gasteiger partial charge in [0.25, 0.3) is 0 Å². The van der Waals surface area contributed by atoms with Crippen LogP contribution in [-0.4, -0.2) is 26.8 Å². The van der Waals surface area contributed by atoms with E-state index in [1.54, 1.807) is 24.5 Å². The van der Waals surface area contributed by atoms with Gasteiger partial charge in [0.1, 0.15) is 5.75 Å². The fourth-order valence-electron chi connectivity index (χ4n) is 3.34. The molecule has 0 fully saturated rings. The zero-order valence-corrected chi connectivity index (χ0v) is 18.7. The van der Waals surface area contributed by atoms with E-state index in [4.69, 9.17) is 0 Å². The number of rotatable bonds is 7. The maximum atomic E-state index is 12.4. The molecule has 0 aliphatic rings. The zero-order valence-electron chi connectivity index (χ0n) is 17.1. The zero-order chi connectivity index (χ0) is 22.3. The van der Waals surface area contributed by atoms with Gasteiger partial charge in [0, 0.05) is 34.1 Å². The molecule has 0 unspecified atom stereocenters. The molecule has 3 aromatic carbocycles. The normalized spacial score (nSPS) is 11.0. The van der Waals surface area contributed by atoms with Crippen LogP contribution < -0.4 is 5.43 Å². The second kappa shape index (κ2) is 10.1. The predicted molar refractivity (Wildman–Crippen MR) is 129 cm³/mol. The summed E-state index contributed by atoms with van der Waals surface area (Å²) in [6.45, 7) is 0.452. The van der Waals surface area contributed by atoms with Crippen LogP contribution in [0.1, 0.15) is 12.0 Å². The Hall–Kier alpha value is -3.71. The standard InChI is InChI=1S/C25H21BrN4O2/c26-21-11-12-22(31)20(15-21)16-28-29-23(32)13-14-30-17-27-24(18-7-3-1-4-8-18)25(30)19-9-5-2-6-10-19/h1-12,15-17,31H,13-14H2,(H,29,32). The number of nitrogens with one attached hydrogen (secondary N) is 1. The second-order valence-corrected chi connectivity index (χ2v) is 8.03. The lowest BCUT2D eigenvalue weighted by atomic mass is 10.0. The van der Waals surface area contributed by atoms with Crippen LogP contribution in [0.5, 0.6) is 5.75 Å². The molecule has 4 aromatic rings. The van der Waals surface area contributed by atoms with Crippen molar-refractivity contribution in [3.8, 4) is 28.3 Å². The Morgan fingerprint density at radius 1 is 1.03 bits per heavy atom. The lowest BCUT2D eigenvalue weighted by molar-refractivity contribution is -0.121. The minimum atomic E-state index is -0.232. The van der Waals surface area contributed by atoms with Gasteiger partial charge in [-0.2, -0.15) is 5.10 Å². The molecule has 160 valence electrons. The van der Waals surface area contributed by atoms with Crippen molar-refractivity contribution in [2.24, 2.45) is 5.10 Å². The molecular weight excluding hydrogens is 468 g/mol. The van der Waals surface area contributed by atoms with Gasteiger partial charge in [-0.1, -0.05) is 76.6 Å². The Balaban J connectivity index is 1.48. The Morgan fingerprint density at radius 3 is 2.44 bits per heavy atom. The summed E-state index contributed by atoms with van der Waals surface area (Å²) in [6.07, 6.45) is 3.41. The van der Waals surface area contributed by atoms with Crippen LogP contribution in [0.2, 0.25) is 0 Å². The number of hydrogen-bond donors (Lipinski definition) is 2. The molecule has 1 amide bonds. The van der Waals surface area contributed by atoms with Crippen molar-refractivity contribution >= 4 is 28.1 Å². The third-order valence-electron chi connectivity index (χ3n) is 4.89. The smallest absolute Gasteiger partial charge is 0.241 e. The Morgan fingerprint density at radius 2 is 1.72 bits per heavy atom. The summed E-state index contributed by atoms with van der Waals surface area (Å²) in [5, 5.41) is 13.8. The fourth-order valence-corrected chi connectivity index (χ4v) is 3.72. The van der Waals surface area contributed by atoms with E-state index >= 15 is 0 Å². The number of imidazole rings is 1. The van der Waals surface area contributed by atoms with Crippen molar-refractivity contribution in [3.63, 3.8) is 0 Å². The van der Waals surface area contributed by atoms with Crippen LogP contribution in [0.15, 0.2) is 94.8 Å². The van der Waals surface area contributed by atoms with Crippen molar-refractivity contribution in [1.29, 1.82) is 0 Å². The minimum absolute atomic E-state index is 0.0885. The van der Waals surface area contributed by atoms with Gasteiger partial charge in [-0.3, -0.25) is 4.79 Å². The van der Waals surface area contributed by atoms with E-state index in [0.717, 1.165) is 27.0 Å². The summed E-state index contributed by atoms with van der Waals surface area (Å²) < 4.78 is 2.80. The minimum Gasteiger partial charge on any atom is -0.507 e. The highest BCUT2D eigenvalue weighted by atomic mass is 79.9. The largest absolute Gasteiger partial charge is 0.507 e. The van der Waals surface area contributed by atoms with Crippen LogP contribution in [-0.2, 0) is 11.3 Å². The molecule has 0 saturated heterocycles. The second-order valence-electron chi connectivity index (χ2n) is 7.11. The van der Waals surface area contributed by atoms with Crippen LogP contribution >= 0.6 is 15.9 Å². The molecule has 4 rings (SSSR count). The molecule has 0 aliphatic heterocycles. The maximum absolute atomic E-state index is 12.4. The van der Waals surface area contributed by atoms with E-state index in [0.29, 0.717) is 12.1 Å². The van der Waals surface area contributed by atoms with Gasteiger partial charge in [-0.15, -0.1) is 0 Å². The first kappa shape index (κ1) is 21.5. The summed E-state index contributed by atoms with van der Waals surface area (Å²) in [4.78, 5) is 17.0. The summed E-state index contributed by atoms with van der Waals surface area (Å²) in [6, 6.07) is 25.0. The highest BCUT2D eigenvalue weighted by molar-refractivity contribution is 9.10. The molecule has 0 aliphatic carbocycles. The van der Waals surface area contributed by atoms with Crippen molar-refractivity contribution in [3.05, 3.63) is 95.2 Å². The van der Waals surface area contributed by atoms with Crippen LogP contribution in [0.3, 0.4) is 0 Å². The number of halogens is 1. The van der Waals surface area contributed by atoms with Gasteiger partial charge < -0.3 is 9.67 Å². The Labute approximate surface area is 194 Å². The molecule has 0 atom stereocenters. The van der Waals surface area contributed by atoms with Crippen LogP contribution in [0.4, 0.5) is 0 Å². The molecule has 0 bridgehead atoms. The number of benzene rings is 3. The quantitative estimate of drug-likeness (QED) is 0.276. The van der Waals surface area contributed by atoms with Crippen molar-refractivity contribution in [2.75, 3.05) is 0 Å². The van der Waals surface area contributed by atoms with E-state index in [2.05, 4.69) is 31.4 Å². The van der Waals surface area contributed by atoms with Gasteiger partial charge in [-0.25, -0.2) is 10.4 Å². The van der Waals surface area contributed by atoms with Crippen LogP contribution in [0.25, 0.3) is 22.5 Å². The molecule has 6 nitrogen and oxygen atoms in total. The number of aromatic nitrogens is 2. The summed E-state index contributed by atoms with van der Waals surface area (Å²) >= 11 is 3.34. The van der Waals surface area contributed by atoms with E-state index in [-0.39, 0.29) is 18.1 Å². The highest BCUT2D eigenvalue weighted by Crippen LogP contribution is 2.31. The number of phenols is 1. The first-order chi connectivity index (χ1) is 15.6. The van der Waals surface area contributed by atoms with E-state index in [9.17, 15) is 9.90 Å². The topological polar surface area (TPSA) is 79.5 Å². The fraction of sp³-hybridized carbons (Fsp3) is 0.0800. The van der Waals surface area contributed by atoms with E-state index in [1.165, 1.54) is 6.21 Å². The van der Waals surface area contributed by atoms with Gasteiger partial charge in [0.2, 0.25) is 5.91 Å². The Kier molecular flexibility index (Phi) is 6.77. The first-order valence-electron chi connectivity index (χ1n) is 10.1. The van der Waals surface area contributed by atoms with Gasteiger partial charge in [-0.05, 0) is 18.2 Å². The summed E-state index contributed by atoms with van der Waals surface area (Å²) in [5.74, 6) is -0.143. The molecule has 1 aromatic heterocycles. The predicted octanol–water partition coefficient (Wildman–Crippen LogP) is 5.23. The third kappa shape index (κ3) is 5.12. The molecule has 0 spiro atoms. The van der Waals surface area contributed by atoms with Gasteiger partial charge in [0.15, 0.2) is 0 Å². The average Bonchev–Trinajstić information content (AvgIpc) is 3.25. The van der Waals surface area contributed by atoms with Gasteiger partial charge in [0.05, 0.1) is 23.9 Å². The summed E-state index contributed by atoms with van der Waals surface area (Å²) in [5.41, 5.74) is 6.92. The number of phenolic OH excluding ortho intramolecular Hbond substituents is 1. The number of aromatic hydroxyl groups is 1. The number of amides is 1. The monoisotopic (exact) mass is 488 g/mol. The lowest BCUT2D eigenvalue weighted by Crippen LogP contribution is -2.19. The number of hydrogen-bond acceptors (Lipinski definition) is 4. The summed E-state index contributed by atoms with van der Waals surface area (Å²) in [7, 11) is 0. The number of aryl methyl sites for hydroxylation is 1. The molecule has 0 radical (unpaired) electrons.